The van der Waals surface area contributed by atoms with E-state index in [1.807, 2.05) is 0 Å². The van der Waals surface area contributed by atoms with Crippen LogP contribution in [0, 0.1) is 5.92 Å². The second kappa shape index (κ2) is 23.2. The summed E-state index contributed by atoms with van der Waals surface area (Å²) in [4.78, 5) is 25.5. The summed E-state index contributed by atoms with van der Waals surface area (Å²) in [5.41, 5.74) is -0.751. The lowest BCUT2D eigenvalue weighted by Gasteiger charge is -2.48. The Hall–Kier alpha value is 0.234. The van der Waals surface area contributed by atoms with Crippen molar-refractivity contribution < 1.29 is 36.1 Å². The molecule has 6 unspecified atom stereocenters. The molecule has 50 heavy (non-hydrogen) atoms. The Morgan fingerprint density at radius 2 is 1.28 bits per heavy atom. The van der Waals surface area contributed by atoms with Gasteiger partial charge < -0.3 is 26.6 Å². The summed E-state index contributed by atoms with van der Waals surface area (Å²) in [5.74, 6) is 0.764. The van der Waals surface area contributed by atoms with E-state index in [9.17, 15) is 9.59 Å². The van der Waals surface area contributed by atoms with E-state index in [1.165, 1.54) is 62.0 Å². The van der Waals surface area contributed by atoms with Crippen molar-refractivity contribution in [3.8, 4) is 0 Å². The Kier molecular flexibility index (Phi) is 21.5. The highest BCUT2D eigenvalue weighted by Crippen LogP contribution is 2.40. The summed E-state index contributed by atoms with van der Waals surface area (Å²) in [6.45, 7) is 22.1. The monoisotopic (exact) mass is 778 g/mol. The number of unbranched alkanes of at least 4 members (excludes halogenated alkanes) is 8. The molecule has 294 valence electrons. The molecule has 2 heterocycles. The van der Waals surface area contributed by atoms with Crippen LogP contribution in [0.15, 0.2) is 0 Å². The Labute approximate surface area is 317 Å². The minimum absolute atomic E-state index is 0.0178. The highest BCUT2D eigenvalue weighted by atomic mass is 32.2. The molecule has 2 saturated heterocycles. The van der Waals surface area contributed by atoms with E-state index in [-0.39, 0.29) is 38.8 Å². The fourth-order valence-electron chi connectivity index (χ4n) is 7.03. The van der Waals surface area contributed by atoms with Crippen LogP contribution in [0.25, 0.3) is 0 Å². The van der Waals surface area contributed by atoms with Crippen LogP contribution in [-0.4, -0.2) is 75.1 Å². The van der Waals surface area contributed by atoms with E-state index >= 15 is 0 Å². The highest BCUT2D eigenvalue weighted by molar-refractivity contribution is 8.15. The average molecular weight is 779 g/mol. The fourth-order valence-corrected chi connectivity index (χ4v) is 16.8. The minimum Gasteiger partial charge on any atom is -0.373 e. The molecular weight excluding hydrogens is 705 g/mol. The van der Waals surface area contributed by atoms with Crippen LogP contribution >= 0.6 is 23.5 Å². The molecule has 12 heteroatoms. The number of carbonyl (C=O) groups is 2. The Morgan fingerprint density at radius 1 is 0.740 bits per heavy atom. The van der Waals surface area contributed by atoms with Crippen molar-refractivity contribution in [2.75, 3.05) is 19.0 Å². The molecule has 0 aromatic rings. The summed E-state index contributed by atoms with van der Waals surface area (Å²) in [6, 6.07) is 0.677. The average Bonchev–Trinajstić information content (AvgIpc) is 3.01. The zero-order valence-electron chi connectivity index (χ0n) is 33.5. The van der Waals surface area contributed by atoms with E-state index in [4.69, 9.17) is 26.6 Å². The van der Waals surface area contributed by atoms with Gasteiger partial charge in [0.1, 0.15) is 0 Å². The van der Waals surface area contributed by atoms with Gasteiger partial charge in [0.2, 0.25) is 0 Å². The number of hydrogen-bond acceptors (Lipinski definition) is 10. The molecule has 0 aromatic carbocycles. The molecular formula is C38H74O8S2Si2. The topological polar surface area (TPSA) is 89.5 Å². The number of hydrogen-bond donors (Lipinski definition) is 0. The van der Waals surface area contributed by atoms with E-state index in [0.29, 0.717) is 32.1 Å². The van der Waals surface area contributed by atoms with Gasteiger partial charge in [-0.05, 0) is 80.1 Å². The lowest BCUT2D eigenvalue weighted by molar-refractivity contribution is -0.112. The normalized spacial score (nSPS) is 27.6. The molecule has 2 aliphatic heterocycles. The Balaban J connectivity index is 2.04. The maximum absolute atomic E-state index is 13.2. The van der Waals surface area contributed by atoms with Crippen molar-refractivity contribution in [2.24, 2.45) is 5.92 Å². The standard InChI is InChI=1S/C38H74O8S2Si2/c1-11-14-16-18-20-23-34(39)47-25-22-26-49(43-32(5)27-37(7,8)45-49)41-29-31(4)30-42-50(44-33(6)28-38(9,10)46-50)36(13-3)48-35(40)24-21-19-17-15-12-2/h31-33,36H,11-30H2,1-10H3. The van der Waals surface area contributed by atoms with Crippen molar-refractivity contribution in [1.29, 1.82) is 0 Å². The van der Waals surface area contributed by atoms with Gasteiger partial charge >= 0.3 is 17.6 Å². The van der Waals surface area contributed by atoms with Crippen molar-refractivity contribution in [2.45, 2.75) is 206 Å². The van der Waals surface area contributed by atoms with Gasteiger partial charge in [-0.3, -0.25) is 9.59 Å². The van der Waals surface area contributed by atoms with Crippen molar-refractivity contribution in [3.05, 3.63) is 0 Å². The fraction of sp³-hybridized carbons (Fsp3) is 0.947. The maximum atomic E-state index is 13.2. The molecule has 0 spiro atoms. The summed E-state index contributed by atoms with van der Waals surface area (Å²) in [6.07, 6.45) is 15.7. The van der Waals surface area contributed by atoms with Crippen LogP contribution in [0.5, 0.6) is 0 Å². The molecule has 2 aliphatic rings. The van der Waals surface area contributed by atoms with Gasteiger partial charge in [-0.2, -0.15) is 0 Å². The van der Waals surface area contributed by atoms with Crippen LogP contribution in [0.4, 0.5) is 0 Å². The number of thioether (sulfide) groups is 2. The maximum Gasteiger partial charge on any atom is 0.515 e. The van der Waals surface area contributed by atoms with Crippen LogP contribution in [0.3, 0.4) is 0 Å². The first-order chi connectivity index (χ1) is 23.6. The smallest absolute Gasteiger partial charge is 0.373 e. The molecule has 0 aromatic heterocycles. The Bertz CT molecular complexity index is 988. The Morgan fingerprint density at radius 3 is 1.84 bits per heavy atom. The highest BCUT2D eigenvalue weighted by Gasteiger charge is 2.58. The number of rotatable bonds is 25. The molecule has 0 amide bonds. The third-order valence-corrected chi connectivity index (χ3v) is 19.1. The van der Waals surface area contributed by atoms with Gasteiger partial charge in [0, 0.05) is 56.0 Å². The first kappa shape index (κ1) is 46.4. The van der Waals surface area contributed by atoms with Gasteiger partial charge in [-0.15, -0.1) is 0 Å². The van der Waals surface area contributed by atoms with Crippen LogP contribution in [0.1, 0.15) is 172 Å². The quantitative estimate of drug-likeness (QED) is 0.0659. The third-order valence-electron chi connectivity index (χ3n) is 9.21. The van der Waals surface area contributed by atoms with E-state index in [2.05, 4.69) is 69.2 Å². The van der Waals surface area contributed by atoms with Crippen molar-refractivity contribution >= 4 is 51.4 Å². The molecule has 0 bridgehead atoms. The van der Waals surface area contributed by atoms with Gasteiger partial charge in [0.05, 0.1) is 16.1 Å². The molecule has 2 rings (SSSR count). The van der Waals surface area contributed by atoms with Gasteiger partial charge in [-0.1, -0.05) is 103 Å². The molecule has 0 N–H and O–H groups in total. The lowest BCUT2D eigenvalue weighted by Crippen LogP contribution is -2.64. The molecule has 0 saturated carbocycles. The van der Waals surface area contributed by atoms with E-state index < -0.39 is 23.2 Å². The predicted molar refractivity (Wildman–Crippen MR) is 214 cm³/mol. The van der Waals surface area contributed by atoms with Gasteiger partial charge in [0.25, 0.3) is 0 Å². The van der Waals surface area contributed by atoms with E-state index in [0.717, 1.165) is 57.1 Å². The lowest BCUT2D eigenvalue weighted by atomic mass is 10.0. The summed E-state index contributed by atoms with van der Waals surface area (Å²) in [7, 11) is -6.30. The van der Waals surface area contributed by atoms with Crippen molar-refractivity contribution in [1.82, 2.24) is 0 Å². The zero-order chi connectivity index (χ0) is 37.3. The summed E-state index contributed by atoms with van der Waals surface area (Å²) in [5, 5.41) is 0.481. The van der Waals surface area contributed by atoms with Gasteiger partial charge in [-0.25, -0.2) is 0 Å². The molecule has 0 radical (unpaired) electrons. The zero-order valence-corrected chi connectivity index (χ0v) is 37.2. The molecule has 8 nitrogen and oxygen atoms in total. The molecule has 0 aliphatic carbocycles. The summed E-state index contributed by atoms with van der Waals surface area (Å²) >= 11 is 2.82. The minimum atomic E-state index is -3.27. The van der Waals surface area contributed by atoms with Gasteiger partial charge in [0.15, 0.2) is 10.2 Å². The predicted octanol–water partition coefficient (Wildman–Crippen LogP) is 10.7. The molecule has 6 atom stereocenters. The molecule has 2 fully saturated rings. The van der Waals surface area contributed by atoms with Crippen LogP contribution in [-0.2, 0) is 36.1 Å². The van der Waals surface area contributed by atoms with Crippen LogP contribution in [0.2, 0.25) is 6.04 Å². The second-order valence-electron chi connectivity index (χ2n) is 16.0. The first-order valence-electron chi connectivity index (χ1n) is 20.0. The number of carbonyl (C=O) groups excluding carboxylic acids is 2. The third kappa shape index (κ3) is 17.6. The van der Waals surface area contributed by atoms with Crippen molar-refractivity contribution in [3.63, 3.8) is 0 Å². The second-order valence-corrected chi connectivity index (χ2v) is 24.1. The SMILES string of the molecule is CCCCCCCC(=O)SCCC[Si]1(OCC(C)CO[Si]2(C(CC)SC(=O)CCCCCCC)OC(C)CC(C)(C)O2)OC(C)CC(C)(C)O1. The summed E-state index contributed by atoms with van der Waals surface area (Å²) < 4.78 is 40.2. The van der Waals surface area contributed by atoms with Crippen LogP contribution < -0.4 is 0 Å². The largest absolute Gasteiger partial charge is 0.515 e. The van der Waals surface area contributed by atoms with E-state index in [1.54, 1.807) is 0 Å². The first-order valence-corrected chi connectivity index (χ1v) is 25.6.